The summed E-state index contributed by atoms with van der Waals surface area (Å²) in [7, 11) is 0. The van der Waals surface area contributed by atoms with E-state index in [0.29, 0.717) is 29.8 Å². The van der Waals surface area contributed by atoms with Crippen LogP contribution in [0, 0.1) is 5.92 Å². The average Bonchev–Trinajstić information content (AvgIpc) is 2.39. The zero-order chi connectivity index (χ0) is 16.0. The van der Waals surface area contributed by atoms with Crippen LogP contribution < -0.4 is 15.8 Å². The van der Waals surface area contributed by atoms with Crippen LogP contribution in [0.15, 0.2) is 12.1 Å². The molecule has 1 heterocycles. The minimum atomic E-state index is -0.383. The Labute approximate surface area is 127 Å². The smallest absolute Gasteiger partial charge is 0.239 e. The second-order valence-electron chi connectivity index (χ2n) is 6.33. The van der Waals surface area contributed by atoms with E-state index in [2.05, 4.69) is 24.1 Å². The molecular weight excluding hydrogens is 266 g/mol. The Bertz CT molecular complexity index is 440. The number of rotatable bonds is 7. The molecule has 21 heavy (non-hydrogen) atoms. The Balaban J connectivity index is 2.70. The van der Waals surface area contributed by atoms with Gasteiger partial charge in [0.25, 0.3) is 0 Å². The molecule has 1 rings (SSSR count). The topological polar surface area (TPSA) is 80.4 Å². The molecule has 0 spiro atoms. The van der Waals surface area contributed by atoms with Crippen molar-refractivity contribution in [3.05, 3.63) is 12.1 Å². The monoisotopic (exact) mass is 295 g/mol. The molecule has 0 aliphatic heterocycles. The Morgan fingerprint density at radius 1 is 1.29 bits per heavy atom. The van der Waals surface area contributed by atoms with E-state index in [1.807, 2.05) is 20.8 Å². The Morgan fingerprint density at radius 3 is 2.43 bits per heavy atom. The standard InChI is InChI=1S/C16H29N3O2/c1-6-11(7-2)13(20)10-18-14-9-8-12(17)15(19-14)21-16(3,4)5/h8-9,11,13,20H,6-7,10,17H2,1-5H3,(H,18,19). The van der Waals surface area contributed by atoms with Crippen LogP contribution in [0.5, 0.6) is 5.88 Å². The van der Waals surface area contributed by atoms with Crippen molar-refractivity contribution in [3.8, 4) is 5.88 Å². The van der Waals surface area contributed by atoms with E-state index in [-0.39, 0.29) is 11.7 Å². The zero-order valence-corrected chi connectivity index (χ0v) is 13.8. The van der Waals surface area contributed by atoms with Crippen LogP contribution >= 0.6 is 0 Å². The average molecular weight is 295 g/mol. The van der Waals surface area contributed by atoms with Crippen molar-refractivity contribution >= 4 is 11.5 Å². The van der Waals surface area contributed by atoms with Crippen LogP contribution in [0.3, 0.4) is 0 Å². The second-order valence-corrected chi connectivity index (χ2v) is 6.33. The minimum absolute atomic E-state index is 0.302. The first-order chi connectivity index (χ1) is 9.76. The predicted molar refractivity (Wildman–Crippen MR) is 87.6 cm³/mol. The van der Waals surface area contributed by atoms with Gasteiger partial charge in [-0.15, -0.1) is 0 Å². The SMILES string of the molecule is CCC(CC)C(O)CNc1ccc(N)c(OC(C)(C)C)n1. The third-order valence-electron chi connectivity index (χ3n) is 3.38. The lowest BCUT2D eigenvalue weighted by molar-refractivity contribution is 0.114. The number of nitrogen functional groups attached to an aromatic ring is 1. The Morgan fingerprint density at radius 2 is 1.90 bits per heavy atom. The van der Waals surface area contributed by atoms with E-state index in [1.54, 1.807) is 12.1 Å². The molecule has 1 aromatic heterocycles. The number of hydrogen-bond acceptors (Lipinski definition) is 5. The van der Waals surface area contributed by atoms with Crippen molar-refractivity contribution in [2.24, 2.45) is 5.92 Å². The maximum atomic E-state index is 10.1. The summed E-state index contributed by atoms with van der Waals surface area (Å²) >= 11 is 0. The number of aliphatic hydroxyl groups excluding tert-OH is 1. The number of nitrogens with one attached hydrogen (secondary N) is 1. The van der Waals surface area contributed by atoms with Gasteiger partial charge in [-0.1, -0.05) is 26.7 Å². The highest BCUT2D eigenvalue weighted by Crippen LogP contribution is 2.25. The summed E-state index contributed by atoms with van der Waals surface area (Å²) in [5.74, 6) is 1.38. The largest absolute Gasteiger partial charge is 0.470 e. The van der Waals surface area contributed by atoms with Crippen LogP contribution in [0.4, 0.5) is 11.5 Å². The molecule has 0 radical (unpaired) electrons. The van der Waals surface area contributed by atoms with Gasteiger partial charge < -0.3 is 20.9 Å². The highest BCUT2D eigenvalue weighted by molar-refractivity contribution is 5.53. The van der Waals surface area contributed by atoms with Gasteiger partial charge in [0.15, 0.2) is 0 Å². The van der Waals surface area contributed by atoms with E-state index in [1.165, 1.54) is 0 Å². The van der Waals surface area contributed by atoms with Gasteiger partial charge in [-0.2, -0.15) is 4.98 Å². The van der Waals surface area contributed by atoms with Gasteiger partial charge in [0.05, 0.1) is 11.8 Å². The predicted octanol–water partition coefficient (Wildman–Crippen LogP) is 3.05. The fourth-order valence-electron chi connectivity index (χ4n) is 2.13. The molecule has 0 saturated heterocycles. The first kappa shape index (κ1) is 17.6. The first-order valence-corrected chi connectivity index (χ1v) is 7.64. The molecule has 0 amide bonds. The van der Waals surface area contributed by atoms with E-state index in [4.69, 9.17) is 10.5 Å². The molecule has 5 heteroatoms. The maximum Gasteiger partial charge on any atom is 0.239 e. The van der Waals surface area contributed by atoms with E-state index in [9.17, 15) is 5.11 Å². The van der Waals surface area contributed by atoms with Crippen molar-refractivity contribution < 1.29 is 9.84 Å². The summed E-state index contributed by atoms with van der Waals surface area (Å²) in [6.07, 6.45) is 1.55. The number of ether oxygens (including phenoxy) is 1. The number of aromatic nitrogens is 1. The van der Waals surface area contributed by atoms with E-state index in [0.717, 1.165) is 12.8 Å². The third kappa shape index (κ3) is 5.79. The number of hydrogen-bond donors (Lipinski definition) is 3. The van der Waals surface area contributed by atoms with Crippen molar-refractivity contribution in [2.45, 2.75) is 59.2 Å². The maximum absolute atomic E-state index is 10.1. The molecule has 0 aliphatic carbocycles. The van der Waals surface area contributed by atoms with Crippen LogP contribution in [-0.2, 0) is 0 Å². The zero-order valence-electron chi connectivity index (χ0n) is 13.8. The van der Waals surface area contributed by atoms with Gasteiger partial charge in [-0.25, -0.2) is 0 Å². The van der Waals surface area contributed by atoms with E-state index >= 15 is 0 Å². The quantitative estimate of drug-likeness (QED) is 0.720. The molecule has 120 valence electrons. The van der Waals surface area contributed by atoms with Crippen LogP contribution in [0.25, 0.3) is 0 Å². The number of nitrogens with two attached hydrogens (primary N) is 1. The van der Waals surface area contributed by atoms with Crippen molar-refractivity contribution in [1.29, 1.82) is 0 Å². The molecule has 0 bridgehead atoms. The van der Waals surface area contributed by atoms with Gasteiger partial charge in [0, 0.05) is 6.54 Å². The van der Waals surface area contributed by atoms with Gasteiger partial charge in [-0.3, -0.25) is 0 Å². The highest BCUT2D eigenvalue weighted by atomic mass is 16.5. The normalized spacial score (nSPS) is 13.3. The molecule has 5 nitrogen and oxygen atoms in total. The highest BCUT2D eigenvalue weighted by Gasteiger charge is 2.17. The minimum Gasteiger partial charge on any atom is -0.470 e. The fraction of sp³-hybridized carbons (Fsp3) is 0.688. The lowest BCUT2D eigenvalue weighted by Gasteiger charge is -2.23. The summed E-state index contributed by atoms with van der Waals surface area (Å²) < 4.78 is 5.73. The summed E-state index contributed by atoms with van der Waals surface area (Å²) in [6, 6.07) is 3.56. The molecule has 1 aromatic rings. The molecule has 1 unspecified atom stereocenters. The third-order valence-corrected chi connectivity index (χ3v) is 3.38. The van der Waals surface area contributed by atoms with Crippen LogP contribution in [0.1, 0.15) is 47.5 Å². The molecule has 0 saturated carbocycles. The first-order valence-electron chi connectivity index (χ1n) is 7.64. The summed E-state index contributed by atoms with van der Waals surface area (Å²) in [5.41, 5.74) is 6.04. The summed E-state index contributed by atoms with van der Waals surface area (Å²) in [4.78, 5) is 4.37. The van der Waals surface area contributed by atoms with Gasteiger partial charge in [0.2, 0.25) is 5.88 Å². The number of aliphatic hydroxyl groups is 1. The van der Waals surface area contributed by atoms with Gasteiger partial charge in [-0.05, 0) is 38.8 Å². The molecule has 4 N–H and O–H groups in total. The Kier molecular flexibility index (Phi) is 6.27. The molecular formula is C16H29N3O2. The number of nitrogens with zero attached hydrogens (tertiary/aromatic N) is 1. The molecule has 0 aliphatic rings. The Hall–Kier alpha value is -1.49. The lowest BCUT2D eigenvalue weighted by Crippen LogP contribution is -2.28. The van der Waals surface area contributed by atoms with Crippen LogP contribution in [-0.4, -0.2) is 28.3 Å². The number of anilines is 2. The van der Waals surface area contributed by atoms with Crippen molar-refractivity contribution in [3.63, 3.8) is 0 Å². The van der Waals surface area contributed by atoms with Crippen molar-refractivity contribution in [1.82, 2.24) is 4.98 Å². The van der Waals surface area contributed by atoms with Gasteiger partial charge >= 0.3 is 0 Å². The molecule has 1 atom stereocenters. The summed E-state index contributed by atoms with van der Waals surface area (Å²) in [6.45, 7) is 10.5. The molecule has 0 fully saturated rings. The number of pyridine rings is 1. The molecule has 0 aromatic carbocycles. The van der Waals surface area contributed by atoms with Crippen molar-refractivity contribution in [2.75, 3.05) is 17.6 Å². The second kappa shape index (κ2) is 7.50. The lowest BCUT2D eigenvalue weighted by atomic mass is 9.97. The van der Waals surface area contributed by atoms with Gasteiger partial charge in [0.1, 0.15) is 11.4 Å². The fourth-order valence-corrected chi connectivity index (χ4v) is 2.13. The summed E-state index contributed by atoms with van der Waals surface area (Å²) in [5, 5.41) is 13.3. The van der Waals surface area contributed by atoms with E-state index < -0.39 is 0 Å². The van der Waals surface area contributed by atoms with Crippen LogP contribution in [0.2, 0.25) is 0 Å².